The van der Waals surface area contributed by atoms with Crippen LogP contribution in [0.5, 0.6) is 11.5 Å². The van der Waals surface area contributed by atoms with Crippen molar-refractivity contribution in [2.75, 3.05) is 19.0 Å². The molecule has 0 aliphatic carbocycles. The number of para-hydroxylation sites is 1. The number of ether oxygens (including phenoxy) is 2. The Morgan fingerprint density at radius 2 is 1.56 bits per heavy atom. The number of aryl methyl sites for hydroxylation is 1. The number of unbranched alkanes of at least 4 members (excludes halogenated alkanes) is 11. The SMILES string of the molecule is CCCCCCCCCCCCCCOc1c(OC)cccc1C(=O)Nc1cccc(C[n+]2cscc2C)c1. The smallest absolute Gasteiger partial charge is 0.259 e. The summed E-state index contributed by atoms with van der Waals surface area (Å²) in [5, 5.41) is 5.18. The molecule has 6 heteroatoms. The highest BCUT2D eigenvalue weighted by molar-refractivity contribution is 7.07. The average Bonchev–Trinajstić information content (AvgIpc) is 3.35. The molecule has 5 nitrogen and oxygen atoms in total. The summed E-state index contributed by atoms with van der Waals surface area (Å²) in [6.45, 7) is 5.71. The highest BCUT2D eigenvalue weighted by Crippen LogP contribution is 2.32. The van der Waals surface area contributed by atoms with Gasteiger partial charge in [-0.1, -0.05) is 107 Å². The number of thiazole rings is 1. The molecule has 0 saturated heterocycles. The fourth-order valence-corrected chi connectivity index (χ4v) is 5.56. The van der Waals surface area contributed by atoms with E-state index in [1.165, 1.54) is 69.9 Å². The van der Waals surface area contributed by atoms with Crippen LogP contribution in [0.4, 0.5) is 5.69 Å². The Kier molecular flexibility index (Phi) is 13.9. The number of carbonyl (C=O) groups excluding carboxylic acids is 1. The topological polar surface area (TPSA) is 51.4 Å². The van der Waals surface area contributed by atoms with Crippen LogP contribution >= 0.6 is 11.3 Å². The standard InChI is InChI=1S/C33H46N2O3S/c1-4-5-6-7-8-9-10-11-12-13-14-15-22-38-32-30(20-17-21-31(32)37-3)33(36)34-29-19-16-18-28(23-29)24-35-26-39-25-27(35)2/h16-21,23,25-26H,4-15,22,24H2,1-3H3/p+1. The first-order valence-corrected chi connectivity index (χ1v) is 15.7. The van der Waals surface area contributed by atoms with Crippen LogP contribution in [0.2, 0.25) is 0 Å². The molecule has 1 N–H and O–H groups in total. The van der Waals surface area contributed by atoms with Crippen molar-refractivity contribution in [1.82, 2.24) is 0 Å². The van der Waals surface area contributed by atoms with Gasteiger partial charge in [-0.25, -0.2) is 0 Å². The number of carbonyl (C=O) groups is 1. The van der Waals surface area contributed by atoms with Crippen LogP contribution in [-0.4, -0.2) is 19.6 Å². The van der Waals surface area contributed by atoms with Crippen molar-refractivity contribution in [3.8, 4) is 11.5 Å². The first-order valence-electron chi connectivity index (χ1n) is 14.7. The van der Waals surface area contributed by atoms with Gasteiger partial charge in [0.2, 0.25) is 5.51 Å². The van der Waals surface area contributed by atoms with Crippen molar-refractivity contribution < 1.29 is 18.8 Å². The lowest BCUT2D eigenvalue weighted by atomic mass is 10.1. The van der Waals surface area contributed by atoms with Crippen LogP contribution in [-0.2, 0) is 6.54 Å². The molecule has 0 spiro atoms. The fourth-order valence-electron chi connectivity index (χ4n) is 4.78. The Bertz CT molecular complexity index is 1130. The highest BCUT2D eigenvalue weighted by Gasteiger charge is 2.18. The number of nitrogens with one attached hydrogen (secondary N) is 1. The molecular weight excluding hydrogens is 504 g/mol. The zero-order valence-corrected chi connectivity index (χ0v) is 25.0. The van der Waals surface area contributed by atoms with Gasteiger partial charge < -0.3 is 14.8 Å². The van der Waals surface area contributed by atoms with E-state index in [-0.39, 0.29) is 5.91 Å². The average molecular weight is 552 g/mol. The van der Waals surface area contributed by atoms with Crippen molar-refractivity contribution in [2.24, 2.45) is 0 Å². The molecule has 0 aliphatic rings. The van der Waals surface area contributed by atoms with Gasteiger partial charge in [-0.05, 0) is 30.7 Å². The normalized spacial score (nSPS) is 10.9. The van der Waals surface area contributed by atoms with Crippen LogP contribution < -0.4 is 19.4 Å². The molecule has 0 radical (unpaired) electrons. The molecule has 0 bridgehead atoms. The molecule has 1 amide bonds. The van der Waals surface area contributed by atoms with Crippen molar-refractivity contribution >= 4 is 22.9 Å². The molecule has 0 atom stereocenters. The Hall–Kier alpha value is -2.86. The molecule has 0 aliphatic heterocycles. The van der Waals surface area contributed by atoms with Gasteiger partial charge in [0.1, 0.15) is 0 Å². The summed E-state index contributed by atoms with van der Waals surface area (Å²) in [4.78, 5) is 13.3. The van der Waals surface area contributed by atoms with E-state index in [1.807, 2.05) is 30.3 Å². The van der Waals surface area contributed by atoms with Crippen molar-refractivity contribution in [3.63, 3.8) is 0 Å². The van der Waals surface area contributed by atoms with Gasteiger partial charge in [0, 0.05) is 18.2 Å². The summed E-state index contributed by atoms with van der Waals surface area (Å²) in [5.41, 5.74) is 5.72. The number of anilines is 1. The van der Waals surface area contributed by atoms with Crippen molar-refractivity contribution in [3.05, 3.63) is 70.2 Å². The molecule has 212 valence electrons. The molecule has 0 fully saturated rings. The third kappa shape index (κ3) is 10.7. The number of methoxy groups -OCH3 is 1. The molecule has 39 heavy (non-hydrogen) atoms. The molecule has 1 heterocycles. The van der Waals surface area contributed by atoms with E-state index in [2.05, 4.69) is 40.7 Å². The minimum absolute atomic E-state index is 0.199. The van der Waals surface area contributed by atoms with Crippen LogP contribution in [0.3, 0.4) is 0 Å². The van der Waals surface area contributed by atoms with Crippen molar-refractivity contribution in [2.45, 2.75) is 97.4 Å². The monoisotopic (exact) mass is 551 g/mol. The number of hydrogen-bond acceptors (Lipinski definition) is 4. The Morgan fingerprint density at radius 1 is 0.897 bits per heavy atom. The Morgan fingerprint density at radius 3 is 2.21 bits per heavy atom. The zero-order chi connectivity index (χ0) is 27.7. The van der Waals surface area contributed by atoms with Crippen molar-refractivity contribution in [1.29, 1.82) is 0 Å². The number of aromatic nitrogens is 1. The predicted octanol–water partition coefficient (Wildman–Crippen LogP) is 8.73. The number of amides is 1. The van der Waals surface area contributed by atoms with E-state index in [1.54, 1.807) is 24.5 Å². The van der Waals surface area contributed by atoms with Gasteiger partial charge in [-0.2, -0.15) is 4.57 Å². The summed E-state index contributed by atoms with van der Waals surface area (Å²) < 4.78 is 13.9. The summed E-state index contributed by atoms with van der Waals surface area (Å²) in [6, 6.07) is 13.5. The number of hydrogen-bond donors (Lipinski definition) is 1. The first-order chi connectivity index (χ1) is 19.1. The van der Waals surface area contributed by atoms with Crippen LogP contribution in [0.15, 0.2) is 53.4 Å². The van der Waals surface area contributed by atoms with Gasteiger partial charge in [-0.15, -0.1) is 0 Å². The van der Waals surface area contributed by atoms with Gasteiger partial charge in [0.25, 0.3) is 5.91 Å². The Labute approximate surface area is 239 Å². The molecule has 1 aromatic heterocycles. The summed E-state index contributed by atoms with van der Waals surface area (Å²) in [6.07, 6.45) is 15.6. The second-order valence-corrected chi connectivity index (χ2v) is 11.1. The van der Waals surface area contributed by atoms with Crippen LogP contribution in [0, 0.1) is 6.92 Å². The van der Waals surface area contributed by atoms with Crippen LogP contribution in [0.25, 0.3) is 0 Å². The molecule has 0 unspecified atom stereocenters. The fraction of sp³-hybridized carbons (Fsp3) is 0.515. The Balaban J connectivity index is 1.45. The minimum Gasteiger partial charge on any atom is -0.493 e. The second-order valence-electron chi connectivity index (χ2n) is 10.4. The maximum atomic E-state index is 13.3. The van der Waals surface area contributed by atoms with E-state index >= 15 is 0 Å². The summed E-state index contributed by atoms with van der Waals surface area (Å²) >= 11 is 1.69. The van der Waals surface area contributed by atoms with Gasteiger partial charge in [0.15, 0.2) is 23.7 Å². The number of nitrogens with zero attached hydrogens (tertiary/aromatic N) is 1. The zero-order valence-electron chi connectivity index (χ0n) is 24.2. The van der Waals surface area contributed by atoms with E-state index in [0.29, 0.717) is 23.7 Å². The second kappa shape index (κ2) is 17.7. The van der Waals surface area contributed by atoms with E-state index in [4.69, 9.17) is 9.47 Å². The lowest BCUT2D eigenvalue weighted by molar-refractivity contribution is -0.689. The number of benzene rings is 2. The third-order valence-corrected chi connectivity index (χ3v) is 7.96. The summed E-state index contributed by atoms with van der Waals surface area (Å²) in [7, 11) is 1.61. The third-order valence-electron chi connectivity index (χ3n) is 7.11. The van der Waals surface area contributed by atoms with E-state index < -0.39 is 0 Å². The maximum Gasteiger partial charge on any atom is 0.259 e. The predicted molar refractivity (Wildman–Crippen MR) is 162 cm³/mol. The summed E-state index contributed by atoms with van der Waals surface area (Å²) in [5.74, 6) is 0.899. The maximum absolute atomic E-state index is 13.3. The minimum atomic E-state index is -0.199. The first kappa shape index (κ1) is 30.7. The van der Waals surface area contributed by atoms with Gasteiger partial charge in [-0.3, -0.25) is 4.79 Å². The molecular formula is C33H47N2O3S+. The molecule has 0 saturated carbocycles. The number of rotatable bonds is 19. The highest BCUT2D eigenvalue weighted by atomic mass is 32.1. The lowest BCUT2D eigenvalue weighted by Crippen LogP contribution is -2.34. The van der Waals surface area contributed by atoms with Gasteiger partial charge in [0.05, 0.1) is 24.7 Å². The largest absolute Gasteiger partial charge is 0.493 e. The quantitative estimate of drug-likeness (QED) is 0.120. The molecule has 3 aromatic rings. The van der Waals surface area contributed by atoms with E-state index in [0.717, 1.165) is 30.6 Å². The van der Waals surface area contributed by atoms with E-state index in [9.17, 15) is 4.79 Å². The van der Waals surface area contributed by atoms with Crippen LogP contribution in [0.1, 0.15) is 106 Å². The van der Waals surface area contributed by atoms with Gasteiger partial charge >= 0.3 is 0 Å². The molecule has 2 aromatic carbocycles. The lowest BCUT2D eigenvalue weighted by Gasteiger charge is -2.15. The molecule has 3 rings (SSSR count).